The molecule has 0 unspecified atom stereocenters. The minimum atomic E-state index is 0.449. The minimum absolute atomic E-state index is 0.449. The van der Waals surface area contributed by atoms with Gasteiger partial charge in [0.15, 0.2) is 23.2 Å². The van der Waals surface area contributed by atoms with Crippen LogP contribution in [-0.2, 0) is 13.1 Å². The van der Waals surface area contributed by atoms with Gasteiger partial charge < -0.3 is 24.6 Å². The topological polar surface area (TPSA) is 80.9 Å². The number of nitrogens with one attached hydrogen (secondary N) is 2. The summed E-state index contributed by atoms with van der Waals surface area (Å²) in [6.07, 6.45) is 2.12. The molecule has 2 rings (SSSR count). The number of aliphatic imine (C=N–C) groups is 1. The van der Waals surface area contributed by atoms with Crippen molar-refractivity contribution in [3.8, 4) is 11.5 Å². The van der Waals surface area contributed by atoms with Gasteiger partial charge in [-0.25, -0.2) is 0 Å². The predicted molar refractivity (Wildman–Crippen MR) is 111 cm³/mol. The molecule has 1 aromatic heterocycles. The second kappa shape index (κ2) is 11.2. The molecule has 1 aromatic carbocycles. The van der Waals surface area contributed by atoms with Crippen LogP contribution in [0.1, 0.15) is 56.5 Å². The van der Waals surface area contributed by atoms with Crippen molar-refractivity contribution in [3.63, 3.8) is 0 Å². The van der Waals surface area contributed by atoms with Gasteiger partial charge >= 0.3 is 0 Å². The Morgan fingerprint density at radius 1 is 1.11 bits per heavy atom. The summed E-state index contributed by atoms with van der Waals surface area (Å²) in [7, 11) is 3.38. The number of aromatic nitrogens is 1. The van der Waals surface area contributed by atoms with E-state index in [-0.39, 0.29) is 0 Å². The number of hydrogen-bond donors (Lipinski definition) is 2. The number of methoxy groups -OCH3 is 1. The molecule has 7 nitrogen and oxygen atoms in total. The van der Waals surface area contributed by atoms with Crippen LogP contribution in [0.15, 0.2) is 33.8 Å². The Kier molecular flexibility index (Phi) is 8.65. The average Bonchev–Trinajstić information content (AvgIpc) is 3.19. The summed E-state index contributed by atoms with van der Waals surface area (Å²) in [6, 6.07) is 7.91. The van der Waals surface area contributed by atoms with Gasteiger partial charge in [0.05, 0.1) is 26.0 Å². The third-order valence-electron chi connectivity index (χ3n) is 4.62. The zero-order valence-electron chi connectivity index (χ0n) is 17.5. The van der Waals surface area contributed by atoms with Crippen LogP contribution in [-0.4, -0.2) is 31.9 Å². The monoisotopic (exact) mass is 388 g/mol. The van der Waals surface area contributed by atoms with Crippen LogP contribution < -0.4 is 20.1 Å². The molecule has 0 atom stereocenters. The quantitative estimate of drug-likeness (QED) is 0.475. The molecule has 0 spiro atoms. The lowest BCUT2D eigenvalue weighted by Crippen LogP contribution is -2.36. The maximum absolute atomic E-state index is 5.55. The summed E-state index contributed by atoms with van der Waals surface area (Å²) in [6.45, 7) is 8.03. The van der Waals surface area contributed by atoms with Gasteiger partial charge in [0.2, 0.25) is 0 Å². The highest BCUT2D eigenvalue weighted by Crippen LogP contribution is 2.28. The summed E-state index contributed by atoms with van der Waals surface area (Å²) in [5.74, 6) is 3.40. The van der Waals surface area contributed by atoms with Crippen LogP contribution in [0.4, 0.5) is 0 Å². The van der Waals surface area contributed by atoms with Crippen LogP contribution in [0.25, 0.3) is 0 Å². The number of guanidine groups is 1. The molecule has 0 radical (unpaired) electrons. The van der Waals surface area contributed by atoms with E-state index >= 15 is 0 Å². The molecule has 0 aliphatic heterocycles. The molecular weight excluding hydrogens is 356 g/mol. The minimum Gasteiger partial charge on any atom is -0.493 e. The maximum atomic E-state index is 5.55. The van der Waals surface area contributed by atoms with E-state index in [0.717, 1.165) is 41.4 Å². The molecule has 7 heteroatoms. The van der Waals surface area contributed by atoms with Crippen molar-refractivity contribution in [2.24, 2.45) is 4.99 Å². The fraction of sp³-hybridized carbons (Fsp3) is 0.524. The molecule has 2 N–H and O–H groups in total. The highest BCUT2D eigenvalue weighted by molar-refractivity contribution is 5.79. The molecule has 0 saturated carbocycles. The lowest BCUT2D eigenvalue weighted by molar-refractivity contribution is 0.310. The predicted octanol–water partition coefficient (Wildman–Crippen LogP) is 3.85. The first-order chi connectivity index (χ1) is 13.6. The molecule has 2 aromatic rings. The molecular formula is C21H32N4O3. The van der Waals surface area contributed by atoms with E-state index in [1.54, 1.807) is 14.2 Å². The van der Waals surface area contributed by atoms with Gasteiger partial charge in [-0.15, -0.1) is 0 Å². The van der Waals surface area contributed by atoms with Gasteiger partial charge in [-0.3, -0.25) is 4.99 Å². The SMILES string of the molecule is CCOc1ccc(CNC(=NC)NCc2cc(C(CC)CC)no2)cc1OC. The van der Waals surface area contributed by atoms with Gasteiger partial charge in [-0.05, 0) is 37.5 Å². The van der Waals surface area contributed by atoms with E-state index in [9.17, 15) is 0 Å². The molecule has 28 heavy (non-hydrogen) atoms. The largest absolute Gasteiger partial charge is 0.493 e. The number of benzene rings is 1. The Hall–Kier alpha value is -2.70. The first-order valence-corrected chi connectivity index (χ1v) is 9.84. The normalized spacial score (nSPS) is 11.6. The summed E-state index contributed by atoms with van der Waals surface area (Å²) in [5, 5.41) is 10.7. The van der Waals surface area contributed by atoms with Gasteiger partial charge in [0, 0.05) is 25.6 Å². The molecule has 0 amide bonds. The van der Waals surface area contributed by atoms with E-state index in [0.29, 0.717) is 31.6 Å². The van der Waals surface area contributed by atoms with Gasteiger partial charge in [0.25, 0.3) is 0 Å². The molecule has 0 aliphatic rings. The Labute approximate surface area is 167 Å². The van der Waals surface area contributed by atoms with Crippen molar-refractivity contribution in [2.45, 2.75) is 52.6 Å². The van der Waals surface area contributed by atoms with Crippen molar-refractivity contribution in [2.75, 3.05) is 20.8 Å². The van der Waals surface area contributed by atoms with Crippen molar-refractivity contribution < 1.29 is 14.0 Å². The van der Waals surface area contributed by atoms with Gasteiger partial charge in [-0.2, -0.15) is 0 Å². The zero-order chi connectivity index (χ0) is 20.4. The Balaban J connectivity index is 1.90. The van der Waals surface area contributed by atoms with Crippen molar-refractivity contribution in [1.29, 1.82) is 0 Å². The average molecular weight is 389 g/mol. The van der Waals surface area contributed by atoms with E-state index in [4.69, 9.17) is 14.0 Å². The van der Waals surface area contributed by atoms with Gasteiger partial charge in [0.1, 0.15) is 0 Å². The summed E-state index contributed by atoms with van der Waals surface area (Å²) < 4.78 is 16.4. The number of nitrogens with zero attached hydrogens (tertiary/aromatic N) is 2. The second-order valence-electron chi connectivity index (χ2n) is 6.43. The lowest BCUT2D eigenvalue weighted by Gasteiger charge is -2.13. The van der Waals surface area contributed by atoms with Crippen LogP contribution in [0.2, 0.25) is 0 Å². The fourth-order valence-corrected chi connectivity index (χ4v) is 2.99. The fourth-order valence-electron chi connectivity index (χ4n) is 2.99. The van der Waals surface area contributed by atoms with Crippen molar-refractivity contribution >= 4 is 5.96 Å². The molecule has 154 valence electrons. The standard InChI is InChI=1S/C21H32N4O3/c1-6-16(7-2)18-12-17(28-25-18)14-24-21(22-4)23-13-15-9-10-19(27-8-3)20(11-15)26-5/h9-12,16H,6-8,13-14H2,1-5H3,(H2,22,23,24). The summed E-state index contributed by atoms with van der Waals surface area (Å²) in [4.78, 5) is 4.26. The van der Waals surface area contributed by atoms with E-state index < -0.39 is 0 Å². The Bertz CT molecular complexity index is 754. The Morgan fingerprint density at radius 2 is 1.86 bits per heavy atom. The number of hydrogen-bond acceptors (Lipinski definition) is 5. The number of rotatable bonds is 10. The smallest absolute Gasteiger partial charge is 0.191 e. The molecule has 0 saturated heterocycles. The molecule has 0 fully saturated rings. The first kappa shape index (κ1) is 21.6. The Morgan fingerprint density at radius 3 is 2.50 bits per heavy atom. The lowest BCUT2D eigenvalue weighted by atomic mass is 9.99. The van der Waals surface area contributed by atoms with E-state index in [1.165, 1.54) is 0 Å². The van der Waals surface area contributed by atoms with Crippen molar-refractivity contribution in [1.82, 2.24) is 15.8 Å². The molecule has 0 bridgehead atoms. The molecule has 1 heterocycles. The highest BCUT2D eigenvalue weighted by atomic mass is 16.5. The highest BCUT2D eigenvalue weighted by Gasteiger charge is 2.13. The van der Waals surface area contributed by atoms with Crippen LogP contribution in [0.5, 0.6) is 11.5 Å². The van der Waals surface area contributed by atoms with Crippen LogP contribution in [0.3, 0.4) is 0 Å². The third kappa shape index (κ3) is 5.90. The van der Waals surface area contributed by atoms with Crippen LogP contribution in [0, 0.1) is 0 Å². The van der Waals surface area contributed by atoms with E-state index in [2.05, 4.69) is 34.6 Å². The first-order valence-electron chi connectivity index (χ1n) is 9.84. The van der Waals surface area contributed by atoms with Crippen LogP contribution >= 0.6 is 0 Å². The van der Waals surface area contributed by atoms with Gasteiger partial charge in [-0.1, -0.05) is 25.1 Å². The van der Waals surface area contributed by atoms with Crippen molar-refractivity contribution in [3.05, 3.63) is 41.3 Å². The van der Waals surface area contributed by atoms with E-state index in [1.807, 2.05) is 31.2 Å². The maximum Gasteiger partial charge on any atom is 0.191 e. The number of ether oxygens (including phenoxy) is 2. The third-order valence-corrected chi connectivity index (χ3v) is 4.62. The molecule has 0 aliphatic carbocycles. The summed E-state index contributed by atoms with van der Waals surface area (Å²) in [5.41, 5.74) is 2.09. The zero-order valence-corrected chi connectivity index (χ0v) is 17.5. The second-order valence-corrected chi connectivity index (χ2v) is 6.43. The summed E-state index contributed by atoms with van der Waals surface area (Å²) >= 11 is 0.